The molecule has 1 aliphatic heterocycles. The van der Waals surface area contributed by atoms with Crippen molar-refractivity contribution in [2.75, 3.05) is 11.5 Å². The summed E-state index contributed by atoms with van der Waals surface area (Å²) in [7, 11) is 0. The number of thioether (sulfide) groups is 2. The summed E-state index contributed by atoms with van der Waals surface area (Å²) in [4.78, 5) is 0. The van der Waals surface area contributed by atoms with Crippen molar-refractivity contribution in [3.8, 4) is 0 Å². The first-order valence-corrected chi connectivity index (χ1v) is 4.93. The van der Waals surface area contributed by atoms with Gasteiger partial charge in [-0.1, -0.05) is 0 Å². The van der Waals surface area contributed by atoms with E-state index in [0.29, 0.717) is 0 Å². The summed E-state index contributed by atoms with van der Waals surface area (Å²) in [6.07, 6.45) is 0. The van der Waals surface area contributed by atoms with Gasteiger partial charge in [-0.15, -0.1) is 0 Å². The fraction of sp³-hybridized carbons (Fsp3) is 0.500. The second-order valence-electron chi connectivity index (χ2n) is 1.27. The third kappa shape index (κ3) is 3.45. The van der Waals surface area contributed by atoms with Crippen LogP contribution in [0.1, 0.15) is 0 Å². The van der Waals surface area contributed by atoms with Gasteiger partial charge in [0.25, 0.3) is 0 Å². The molecule has 0 N–H and O–H groups in total. The average molecular weight is 287 g/mol. The van der Waals surface area contributed by atoms with Crippen LogP contribution in [0.5, 0.6) is 0 Å². The normalized spacial score (nSPS) is 19.1. The maximum Gasteiger partial charge on any atom is 2.00 e. The van der Waals surface area contributed by atoms with E-state index < -0.39 is 0 Å². The summed E-state index contributed by atoms with van der Waals surface area (Å²) in [6.45, 7) is 0. The van der Waals surface area contributed by atoms with Gasteiger partial charge in [0.1, 0.15) is 0 Å². The first kappa shape index (κ1) is 10.5. The second-order valence-corrected chi connectivity index (χ2v) is 4.82. The average Bonchev–Trinajstić information content (AvgIpc) is 1.77. The number of rotatable bonds is 0. The van der Waals surface area contributed by atoms with Gasteiger partial charge in [0, 0.05) is 11.5 Å². The topological polar surface area (TPSA) is 0 Å². The van der Waals surface area contributed by atoms with Crippen LogP contribution in [0.2, 0.25) is 0 Å². The van der Waals surface area contributed by atoms with Gasteiger partial charge in [-0.25, -0.2) is 0 Å². The Morgan fingerprint density at radius 2 is 1.33 bits per heavy atom. The van der Waals surface area contributed by atoms with Gasteiger partial charge in [0.2, 0.25) is 0 Å². The molecule has 0 spiro atoms. The van der Waals surface area contributed by atoms with Crippen molar-refractivity contribution in [3.05, 3.63) is 8.47 Å². The van der Waals surface area contributed by atoms with Crippen LogP contribution < -0.4 is 0 Å². The molecule has 0 fully saturated rings. The van der Waals surface area contributed by atoms with Crippen molar-refractivity contribution in [2.24, 2.45) is 0 Å². The Bertz CT molecular complexity index is 108. The molecule has 0 aromatic carbocycles. The Labute approximate surface area is 88.5 Å². The van der Waals surface area contributed by atoms with Crippen LogP contribution in [0.25, 0.3) is 0 Å². The summed E-state index contributed by atoms with van der Waals surface area (Å²) in [5.41, 5.74) is 0. The molecule has 5 heteroatoms. The predicted molar refractivity (Wildman–Crippen MR) is 46.7 cm³/mol. The Kier molecular flexibility index (Phi) is 6.12. The zero-order valence-electron chi connectivity index (χ0n) is 4.36. The van der Waals surface area contributed by atoms with Gasteiger partial charge in [0.05, 0.1) is 0 Å². The van der Waals surface area contributed by atoms with E-state index >= 15 is 0 Å². The largest absolute Gasteiger partial charge is 2.00 e. The van der Waals surface area contributed by atoms with Crippen molar-refractivity contribution in [3.63, 3.8) is 0 Å². The fourth-order valence-electron chi connectivity index (χ4n) is 0.387. The Balaban J connectivity index is 0.000000640. The smallest absolute Gasteiger partial charge is 0.774 e. The summed E-state index contributed by atoms with van der Waals surface area (Å²) >= 11 is 13.2. The Hall–Kier alpha value is 1.54. The molecule has 0 aromatic rings. The van der Waals surface area contributed by atoms with Gasteiger partial charge >= 0.3 is 20.4 Å². The van der Waals surface area contributed by atoms with Gasteiger partial charge in [0.15, 0.2) is 0 Å². The van der Waals surface area contributed by atoms with E-state index in [2.05, 4.69) is 0 Å². The molecule has 1 aliphatic rings. The summed E-state index contributed by atoms with van der Waals surface area (Å²) < 4.78 is 1.83. The van der Waals surface area contributed by atoms with Crippen LogP contribution in [-0.4, -0.2) is 11.5 Å². The Morgan fingerprint density at radius 3 is 1.56 bits per heavy atom. The molecule has 0 radical (unpaired) electrons. The maximum atomic E-state index is 4.93. The molecular formula is C4H4PdS4. The van der Waals surface area contributed by atoms with Crippen LogP contribution in [0.3, 0.4) is 0 Å². The van der Waals surface area contributed by atoms with E-state index in [0.717, 1.165) is 20.0 Å². The molecular weight excluding hydrogens is 283 g/mol. The third-order valence-corrected chi connectivity index (χ3v) is 4.36. The van der Waals surface area contributed by atoms with E-state index in [4.69, 9.17) is 25.3 Å². The molecule has 0 amide bonds. The van der Waals surface area contributed by atoms with Crippen LogP contribution >= 0.6 is 23.5 Å². The van der Waals surface area contributed by atoms with Crippen LogP contribution in [0, 0.1) is 0 Å². The standard InChI is InChI=1S/C4H6S4.Pd/c5-3-4(6)8-2-1-7-3;/h5-6H,1-2H2;/q;+2/p-2. The van der Waals surface area contributed by atoms with Crippen molar-refractivity contribution < 1.29 is 20.4 Å². The SMILES string of the molecule is [Pd+2].[S-]C1=C([S-])SCCS1. The first-order valence-electron chi connectivity index (χ1n) is 2.14. The molecule has 1 rings (SSSR count). The number of hydrogen-bond donors (Lipinski definition) is 0. The molecule has 0 saturated heterocycles. The van der Waals surface area contributed by atoms with Gasteiger partial charge < -0.3 is 25.3 Å². The van der Waals surface area contributed by atoms with E-state index in [9.17, 15) is 0 Å². The number of hydrogen-bond acceptors (Lipinski definition) is 4. The monoisotopic (exact) mass is 286 g/mol. The van der Waals surface area contributed by atoms with Crippen LogP contribution in [0.4, 0.5) is 0 Å². The molecule has 0 aromatic heterocycles. The zero-order chi connectivity index (χ0) is 5.98. The molecule has 0 aliphatic carbocycles. The van der Waals surface area contributed by atoms with Gasteiger partial charge in [-0.2, -0.15) is 32.0 Å². The Morgan fingerprint density at radius 1 is 1.00 bits per heavy atom. The van der Waals surface area contributed by atoms with Gasteiger partial charge in [-0.05, 0) is 0 Å². The molecule has 0 unspecified atom stereocenters. The molecule has 1 heterocycles. The van der Waals surface area contributed by atoms with E-state index in [1.807, 2.05) is 0 Å². The summed E-state index contributed by atoms with van der Waals surface area (Å²) in [5, 5.41) is 0. The van der Waals surface area contributed by atoms with Crippen molar-refractivity contribution in [1.29, 1.82) is 0 Å². The van der Waals surface area contributed by atoms with Crippen molar-refractivity contribution in [2.45, 2.75) is 0 Å². The van der Waals surface area contributed by atoms with Crippen LogP contribution in [0.15, 0.2) is 8.47 Å². The molecule has 0 nitrogen and oxygen atoms in total. The minimum Gasteiger partial charge on any atom is -0.774 e. The second kappa shape index (κ2) is 5.23. The molecule has 9 heavy (non-hydrogen) atoms. The van der Waals surface area contributed by atoms with Crippen molar-refractivity contribution >= 4 is 48.8 Å². The summed E-state index contributed by atoms with van der Waals surface area (Å²) in [6, 6.07) is 0. The quantitative estimate of drug-likeness (QED) is 0.491. The zero-order valence-corrected chi connectivity index (χ0v) is 9.18. The maximum absolute atomic E-state index is 4.93. The van der Waals surface area contributed by atoms with E-state index in [1.165, 1.54) is 0 Å². The third-order valence-electron chi connectivity index (χ3n) is 0.716. The van der Waals surface area contributed by atoms with E-state index in [1.54, 1.807) is 23.5 Å². The minimum absolute atomic E-state index is 0. The molecule has 0 bridgehead atoms. The first-order chi connectivity index (χ1) is 3.80. The molecule has 0 atom stereocenters. The van der Waals surface area contributed by atoms with Gasteiger partial charge in [-0.3, -0.25) is 0 Å². The molecule has 0 saturated carbocycles. The summed E-state index contributed by atoms with van der Waals surface area (Å²) in [5.74, 6) is 2.26. The fourth-order valence-corrected chi connectivity index (χ4v) is 2.87. The van der Waals surface area contributed by atoms with Crippen molar-refractivity contribution in [1.82, 2.24) is 0 Å². The minimum atomic E-state index is 0. The predicted octanol–water partition coefficient (Wildman–Crippen LogP) is 1.68. The van der Waals surface area contributed by atoms with Crippen LogP contribution in [-0.2, 0) is 45.7 Å². The molecule has 54 valence electrons. The van der Waals surface area contributed by atoms with E-state index in [-0.39, 0.29) is 20.4 Å².